The van der Waals surface area contributed by atoms with Crippen molar-refractivity contribution >= 4 is 5.97 Å². The van der Waals surface area contributed by atoms with Gasteiger partial charge in [0, 0.05) is 12.8 Å². The Labute approximate surface area is 138 Å². The highest BCUT2D eigenvalue weighted by atomic mass is 19.4. The summed E-state index contributed by atoms with van der Waals surface area (Å²) in [6.07, 6.45) is -12.6. The van der Waals surface area contributed by atoms with Crippen molar-refractivity contribution in [2.75, 3.05) is 13.1 Å². The second-order valence-corrected chi connectivity index (χ2v) is 5.71. The molecular weight excluding hydrogens is 356 g/mol. The van der Waals surface area contributed by atoms with Crippen LogP contribution in [0.1, 0.15) is 18.4 Å². The molecule has 1 aliphatic heterocycles. The summed E-state index contributed by atoms with van der Waals surface area (Å²) >= 11 is 0. The van der Waals surface area contributed by atoms with Crippen LogP contribution in [0, 0.1) is 0 Å². The van der Waals surface area contributed by atoms with Gasteiger partial charge < -0.3 is 15.2 Å². The molecule has 0 spiro atoms. The van der Waals surface area contributed by atoms with Crippen LogP contribution in [0.4, 0.5) is 26.3 Å². The van der Waals surface area contributed by atoms with E-state index in [1.54, 1.807) is 6.07 Å². The average molecular weight is 371 g/mol. The molecular formula is C15H15F6NO3. The summed E-state index contributed by atoms with van der Waals surface area (Å²) in [5.41, 5.74) is -7.02. The van der Waals surface area contributed by atoms with Gasteiger partial charge in [-0.25, -0.2) is 4.79 Å². The largest absolute Gasteiger partial charge is 0.451 e. The number of alkyl halides is 6. The zero-order chi connectivity index (χ0) is 18.9. The number of hydrogen-bond donors (Lipinski definition) is 2. The number of aliphatic hydroxyl groups is 1. The van der Waals surface area contributed by atoms with Gasteiger partial charge in [-0.3, -0.25) is 0 Å². The summed E-state index contributed by atoms with van der Waals surface area (Å²) in [6, 6.07) is 7.53. The number of carbonyl (C=O) groups excluding carboxylic acids is 1. The van der Waals surface area contributed by atoms with Crippen molar-refractivity contribution in [3.05, 3.63) is 35.9 Å². The van der Waals surface area contributed by atoms with Crippen LogP contribution in [0.5, 0.6) is 0 Å². The minimum absolute atomic E-state index is 0.0332. The molecule has 1 heterocycles. The molecule has 0 unspecified atom stereocenters. The Balaban J connectivity index is 2.43. The molecule has 0 aliphatic carbocycles. The van der Waals surface area contributed by atoms with E-state index in [1.807, 2.05) is 0 Å². The zero-order valence-corrected chi connectivity index (χ0v) is 12.7. The maximum Gasteiger partial charge on any atom is 0.437 e. The summed E-state index contributed by atoms with van der Waals surface area (Å²) in [4.78, 5) is 11.9. The van der Waals surface area contributed by atoms with Crippen molar-refractivity contribution in [1.29, 1.82) is 0 Å². The fourth-order valence-corrected chi connectivity index (χ4v) is 2.67. The zero-order valence-electron chi connectivity index (χ0n) is 12.7. The number of benzene rings is 1. The number of rotatable bonds is 3. The SMILES string of the molecule is O=C(OC1(c2ccccc2)CCNCC1)C(O)(C(F)(F)F)C(F)(F)F. The molecule has 0 saturated carbocycles. The number of carbonyl (C=O) groups is 1. The normalized spacial score (nSPS) is 18.7. The lowest BCUT2D eigenvalue weighted by Crippen LogP contribution is -2.64. The molecule has 4 nitrogen and oxygen atoms in total. The van der Waals surface area contributed by atoms with E-state index in [2.05, 4.69) is 5.32 Å². The Morgan fingerprint density at radius 2 is 1.48 bits per heavy atom. The van der Waals surface area contributed by atoms with E-state index in [9.17, 15) is 36.2 Å². The molecule has 1 aromatic carbocycles. The first-order valence-corrected chi connectivity index (χ1v) is 7.29. The molecule has 0 aromatic heterocycles. The summed E-state index contributed by atoms with van der Waals surface area (Å²) in [6.45, 7) is 0.442. The summed E-state index contributed by atoms with van der Waals surface area (Å²) in [7, 11) is 0. The third-order valence-electron chi connectivity index (χ3n) is 4.12. The van der Waals surface area contributed by atoms with Crippen LogP contribution >= 0.6 is 0 Å². The smallest absolute Gasteiger partial charge is 0.437 e. The van der Waals surface area contributed by atoms with Crippen LogP contribution in [0.15, 0.2) is 30.3 Å². The fraction of sp³-hybridized carbons (Fsp3) is 0.533. The first-order chi connectivity index (χ1) is 11.4. The quantitative estimate of drug-likeness (QED) is 0.634. The van der Waals surface area contributed by atoms with Crippen LogP contribution in [-0.2, 0) is 15.1 Å². The van der Waals surface area contributed by atoms with Gasteiger partial charge >= 0.3 is 23.9 Å². The average Bonchev–Trinajstić information content (AvgIpc) is 2.53. The first-order valence-electron chi connectivity index (χ1n) is 7.29. The van der Waals surface area contributed by atoms with Gasteiger partial charge in [0.05, 0.1) is 0 Å². The fourth-order valence-electron chi connectivity index (χ4n) is 2.67. The van der Waals surface area contributed by atoms with Crippen molar-refractivity contribution < 1.29 is 41.0 Å². The third kappa shape index (κ3) is 3.45. The Kier molecular flexibility index (Phi) is 5.06. The molecule has 1 fully saturated rings. The van der Waals surface area contributed by atoms with E-state index >= 15 is 0 Å². The summed E-state index contributed by atoms with van der Waals surface area (Å²) in [5, 5.41) is 12.1. The Bertz CT molecular complexity index is 594. The molecule has 25 heavy (non-hydrogen) atoms. The van der Waals surface area contributed by atoms with Crippen LogP contribution in [0.25, 0.3) is 0 Å². The van der Waals surface area contributed by atoms with Gasteiger partial charge in [-0.1, -0.05) is 30.3 Å². The topological polar surface area (TPSA) is 58.6 Å². The van der Waals surface area contributed by atoms with Crippen molar-refractivity contribution in [2.24, 2.45) is 0 Å². The molecule has 10 heteroatoms. The van der Waals surface area contributed by atoms with Crippen molar-refractivity contribution in [1.82, 2.24) is 5.32 Å². The van der Waals surface area contributed by atoms with Gasteiger partial charge in [0.1, 0.15) is 5.60 Å². The van der Waals surface area contributed by atoms with Crippen LogP contribution in [-0.4, -0.2) is 42.1 Å². The van der Waals surface area contributed by atoms with E-state index in [4.69, 9.17) is 4.74 Å². The maximum atomic E-state index is 12.8. The predicted octanol–water partition coefficient (Wildman–Crippen LogP) is 2.66. The number of piperidine rings is 1. The molecule has 1 aromatic rings. The molecule has 2 N–H and O–H groups in total. The second-order valence-electron chi connectivity index (χ2n) is 5.71. The van der Waals surface area contributed by atoms with Crippen LogP contribution in [0.2, 0.25) is 0 Å². The van der Waals surface area contributed by atoms with Crippen molar-refractivity contribution in [2.45, 2.75) is 36.4 Å². The third-order valence-corrected chi connectivity index (χ3v) is 4.12. The van der Waals surface area contributed by atoms with Gasteiger partial charge in [0.25, 0.3) is 0 Å². The molecule has 140 valence electrons. The Morgan fingerprint density at radius 3 is 1.92 bits per heavy atom. The number of nitrogens with one attached hydrogen (secondary N) is 1. The minimum atomic E-state index is -6.27. The Morgan fingerprint density at radius 1 is 1.00 bits per heavy atom. The van der Waals surface area contributed by atoms with Crippen molar-refractivity contribution in [3.63, 3.8) is 0 Å². The number of halogens is 6. The number of hydrogen-bond acceptors (Lipinski definition) is 4. The van der Waals surface area contributed by atoms with E-state index in [1.165, 1.54) is 24.3 Å². The monoisotopic (exact) mass is 371 g/mol. The lowest BCUT2D eigenvalue weighted by Gasteiger charge is -2.40. The number of esters is 1. The maximum absolute atomic E-state index is 12.8. The molecule has 0 amide bonds. The molecule has 0 bridgehead atoms. The highest BCUT2D eigenvalue weighted by Crippen LogP contribution is 2.46. The molecule has 1 aliphatic rings. The van der Waals surface area contributed by atoms with Crippen LogP contribution < -0.4 is 5.32 Å². The standard InChI is InChI=1S/C15H15F6NO3/c16-14(17,18)13(24,15(19,20)21)11(23)25-12(6-8-22-9-7-12)10-4-2-1-3-5-10/h1-5,22,24H,6-9H2. The van der Waals surface area contributed by atoms with Gasteiger partial charge in [-0.05, 0) is 18.7 Å². The van der Waals surface area contributed by atoms with E-state index in [-0.39, 0.29) is 31.5 Å². The van der Waals surface area contributed by atoms with Gasteiger partial charge in [-0.2, -0.15) is 26.3 Å². The summed E-state index contributed by atoms with van der Waals surface area (Å²) in [5.74, 6) is -2.78. The molecule has 1 saturated heterocycles. The Hall–Kier alpha value is -1.81. The lowest BCUT2D eigenvalue weighted by atomic mass is 9.84. The molecule has 0 atom stereocenters. The summed E-state index contributed by atoms with van der Waals surface area (Å²) < 4.78 is 81.8. The predicted molar refractivity (Wildman–Crippen MR) is 73.4 cm³/mol. The van der Waals surface area contributed by atoms with Crippen LogP contribution in [0.3, 0.4) is 0 Å². The van der Waals surface area contributed by atoms with Gasteiger partial charge in [0.15, 0.2) is 0 Å². The molecule has 0 radical (unpaired) electrons. The van der Waals surface area contributed by atoms with E-state index in [0.717, 1.165) is 0 Å². The van der Waals surface area contributed by atoms with Crippen molar-refractivity contribution in [3.8, 4) is 0 Å². The highest BCUT2D eigenvalue weighted by Gasteiger charge is 2.77. The lowest BCUT2D eigenvalue weighted by molar-refractivity contribution is -0.360. The molecule has 2 rings (SSSR count). The van der Waals surface area contributed by atoms with E-state index in [0.29, 0.717) is 0 Å². The highest BCUT2D eigenvalue weighted by molar-refractivity contribution is 5.82. The van der Waals surface area contributed by atoms with Gasteiger partial charge in [0.2, 0.25) is 0 Å². The minimum Gasteiger partial charge on any atom is -0.451 e. The first kappa shape index (κ1) is 19.5. The van der Waals surface area contributed by atoms with E-state index < -0.39 is 29.5 Å². The van der Waals surface area contributed by atoms with Gasteiger partial charge in [-0.15, -0.1) is 0 Å². The number of ether oxygens (including phenoxy) is 1. The second kappa shape index (κ2) is 6.49.